The van der Waals surface area contributed by atoms with Gasteiger partial charge in [0.05, 0.1) is 25.8 Å². The number of halogens is 1. The minimum atomic E-state index is -0.0490. The number of ether oxygens (including phenoxy) is 3. The van der Waals surface area contributed by atoms with Gasteiger partial charge in [0.1, 0.15) is 16.8 Å². The van der Waals surface area contributed by atoms with E-state index in [0.29, 0.717) is 25.5 Å². The molecule has 0 fully saturated rings. The Morgan fingerprint density at radius 2 is 2.07 bits per heavy atom. The van der Waals surface area contributed by atoms with Crippen molar-refractivity contribution in [3.05, 3.63) is 35.1 Å². The Morgan fingerprint density at radius 3 is 2.79 bits per heavy atom. The van der Waals surface area contributed by atoms with Gasteiger partial charge in [0, 0.05) is 24.6 Å². The number of nitrogens with zero attached hydrogens (tertiary/aromatic N) is 2. The molecule has 8 heteroatoms. The van der Waals surface area contributed by atoms with Gasteiger partial charge in [-0.25, -0.2) is 0 Å². The fraction of sp³-hybridized carbons (Fsp3) is 0.476. The average molecular weight is 419 g/mol. The minimum absolute atomic E-state index is 0.0490. The van der Waals surface area contributed by atoms with Crippen molar-refractivity contribution in [1.29, 1.82) is 10.8 Å². The molecule has 0 saturated heterocycles. The highest BCUT2D eigenvalue weighted by Crippen LogP contribution is 2.32. The molecule has 0 amide bonds. The van der Waals surface area contributed by atoms with Crippen LogP contribution in [0, 0.1) is 16.7 Å². The van der Waals surface area contributed by atoms with E-state index in [1.165, 1.54) is 0 Å². The molecule has 0 aliphatic carbocycles. The van der Waals surface area contributed by atoms with Crippen LogP contribution < -0.4 is 9.47 Å². The smallest absolute Gasteiger partial charge is 0.231 e. The van der Waals surface area contributed by atoms with E-state index in [9.17, 15) is 0 Å². The molecule has 0 aromatic heterocycles. The zero-order valence-electron chi connectivity index (χ0n) is 17.0. The normalized spacial score (nSPS) is 17.8. The highest BCUT2D eigenvalue weighted by Gasteiger charge is 2.24. The number of fused-ring (bicyclic) bond motifs is 1. The van der Waals surface area contributed by atoms with Gasteiger partial charge in [0.15, 0.2) is 11.5 Å². The number of hydrogen-bond donors (Lipinski definition) is 2. The van der Waals surface area contributed by atoms with E-state index in [4.69, 9.17) is 41.6 Å². The number of hydrogen-bond acceptors (Lipinski definition) is 6. The van der Waals surface area contributed by atoms with Gasteiger partial charge in [-0.2, -0.15) is 0 Å². The molecule has 7 nitrogen and oxygen atoms in total. The van der Waals surface area contributed by atoms with Crippen molar-refractivity contribution in [2.24, 2.45) is 10.9 Å². The molecule has 2 N–H and O–H groups in total. The second-order valence-electron chi connectivity index (χ2n) is 7.27. The summed E-state index contributed by atoms with van der Waals surface area (Å²) in [5.74, 6) is 3.01. The molecule has 1 atom stereocenters. The topological polar surface area (TPSA) is 91.0 Å². The van der Waals surface area contributed by atoms with Crippen molar-refractivity contribution >= 4 is 28.3 Å². The summed E-state index contributed by atoms with van der Waals surface area (Å²) in [6, 6.07) is 5.89. The maximum atomic E-state index is 8.44. The molecule has 1 unspecified atom stereocenters. The lowest BCUT2D eigenvalue weighted by Gasteiger charge is -2.29. The van der Waals surface area contributed by atoms with Crippen LogP contribution in [0.5, 0.6) is 11.5 Å². The zero-order valence-corrected chi connectivity index (χ0v) is 17.8. The second kappa shape index (κ2) is 9.31. The fourth-order valence-corrected chi connectivity index (χ4v) is 3.72. The molecule has 0 spiro atoms. The molecule has 0 radical (unpaired) electrons. The first kappa shape index (κ1) is 21.2. The summed E-state index contributed by atoms with van der Waals surface area (Å²) in [7, 11) is 1.69. The number of nitrogens with one attached hydrogen (secondary N) is 2. The summed E-state index contributed by atoms with van der Waals surface area (Å²) in [5, 5.41) is 15.9. The van der Waals surface area contributed by atoms with Crippen LogP contribution >= 0.6 is 11.6 Å². The molecule has 1 aromatic carbocycles. The lowest BCUT2D eigenvalue weighted by molar-refractivity contribution is 0.174. The van der Waals surface area contributed by atoms with Crippen LogP contribution in [0.4, 0.5) is 0 Å². The lowest BCUT2D eigenvalue weighted by Crippen LogP contribution is -2.39. The van der Waals surface area contributed by atoms with E-state index in [0.717, 1.165) is 40.5 Å². The summed E-state index contributed by atoms with van der Waals surface area (Å²) in [5.41, 5.74) is 3.03. The summed E-state index contributed by atoms with van der Waals surface area (Å²) in [6.07, 6.45) is 0.824. The van der Waals surface area contributed by atoms with Gasteiger partial charge in [0.2, 0.25) is 6.79 Å². The maximum absolute atomic E-state index is 8.44. The van der Waals surface area contributed by atoms with E-state index in [2.05, 4.69) is 6.92 Å². The van der Waals surface area contributed by atoms with Crippen LogP contribution in [0.3, 0.4) is 0 Å². The number of aliphatic imine (C=N–C) groups is 1. The predicted octanol–water partition coefficient (Wildman–Crippen LogP) is 3.85. The van der Waals surface area contributed by atoms with Gasteiger partial charge < -0.3 is 19.1 Å². The molecule has 0 saturated carbocycles. The number of methoxy groups -OCH3 is 1. The fourth-order valence-electron chi connectivity index (χ4n) is 3.59. The predicted molar refractivity (Wildman–Crippen MR) is 115 cm³/mol. The average Bonchev–Trinajstić information content (AvgIpc) is 3.14. The van der Waals surface area contributed by atoms with Crippen LogP contribution in [-0.2, 0) is 11.2 Å². The first-order valence-corrected chi connectivity index (χ1v) is 9.99. The quantitative estimate of drug-likeness (QED) is 0.495. The molecule has 3 rings (SSSR count). The van der Waals surface area contributed by atoms with E-state index in [1.807, 2.05) is 30.0 Å². The van der Waals surface area contributed by atoms with Gasteiger partial charge in [-0.1, -0.05) is 24.6 Å². The minimum Gasteiger partial charge on any atom is -0.500 e. The van der Waals surface area contributed by atoms with Crippen LogP contribution in [0.25, 0.3) is 0 Å². The van der Waals surface area contributed by atoms with Crippen LogP contribution in [0.2, 0.25) is 0 Å². The Labute approximate surface area is 176 Å². The Morgan fingerprint density at radius 1 is 1.31 bits per heavy atom. The zero-order chi connectivity index (χ0) is 21.0. The van der Waals surface area contributed by atoms with Crippen molar-refractivity contribution in [1.82, 2.24) is 4.90 Å². The van der Waals surface area contributed by atoms with Crippen molar-refractivity contribution in [2.75, 3.05) is 33.5 Å². The molecule has 156 valence electrons. The third kappa shape index (κ3) is 5.09. The van der Waals surface area contributed by atoms with E-state index in [1.54, 1.807) is 7.11 Å². The summed E-state index contributed by atoms with van der Waals surface area (Å²) in [6.45, 7) is 6.11. The standard InChI is InChI=1S/C21H27ClN4O3/c1-13-10-25-16(14(2)21(13)27-3)11-26(20(24)9-19(22)23)7-6-15-4-5-17-18(8-15)29-12-28-17/h4-5,8,13,23-24H,6-7,9-12H2,1-3H3. The van der Waals surface area contributed by atoms with Gasteiger partial charge in [-0.05, 0) is 31.0 Å². The summed E-state index contributed by atoms with van der Waals surface area (Å²) < 4.78 is 16.4. The largest absolute Gasteiger partial charge is 0.500 e. The van der Waals surface area contributed by atoms with Crippen LogP contribution in [0.1, 0.15) is 25.8 Å². The Kier molecular flexibility index (Phi) is 6.79. The summed E-state index contributed by atoms with van der Waals surface area (Å²) >= 11 is 5.76. The molecule has 2 aliphatic rings. The van der Waals surface area contributed by atoms with Crippen molar-refractivity contribution in [3.8, 4) is 11.5 Å². The highest BCUT2D eigenvalue weighted by molar-refractivity contribution is 6.65. The molecular formula is C21H27ClN4O3. The molecule has 2 aliphatic heterocycles. The number of benzene rings is 1. The lowest BCUT2D eigenvalue weighted by atomic mass is 9.98. The molecule has 1 aromatic rings. The Bertz CT molecular complexity index is 865. The van der Waals surface area contributed by atoms with E-state index in [-0.39, 0.29) is 24.3 Å². The Balaban J connectivity index is 1.73. The third-order valence-corrected chi connectivity index (χ3v) is 5.31. The van der Waals surface area contributed by atoms with Gasteiger partial charge >= 0.3 is 0 Å². The van der Waals surface area contributed by atoms with Gasteiger partial charge in [-0.3, -0.25) is 15.8 Å². The molecular weight excluding hydrogens is 392 g/mol. The second-order valence-corrected chi connectivity index (χ2v) is 7.73. The third-order valence-electron chi connectivity index (χ3n) is 5.18. The number of rotatable bonds is 8. The molecule has 0 bridgehead atoms. The van der Waals surface area contributed by atoms with E-state index < -0.39 is 0 Å². The van der Waals surface area contributed by atoms with Gasteiger partial charge in [0.25, 0.3) is 0 Å². The first-order valence-electron chi connectivity index (χ1n) is 9.61. The Hall–Kier alpha value is -2.54. The van der Waals surface area contributed by atoms with Crippen molar-refractivity contribution in [3.63, 3.8) is 0 Å². The van der Waals surface area contributed by atoms with Gasteiger partial charge in [-0.15, -0.1) is 0 Å². The number of dihydropyridines is 1. The van der Waals surface area contributed by atoms with E-state index >= 15 is 0 Å². The number of amidine groups is 1. The van der Waals surface area contributed by atoms with Crippen molar-refractivity contribution in [2.45, 2.75) is 26.7 Å². The maximum Gasteiger partial charge on any atom is 0.231 e. The molecule has 29 heavy (non-hydrogen) atoms. The molecule has 2 heterocycles. The van der Waals surface area contributed by atoms with Crippen molar-refractivity contribution < 1.29 is 14.2 Å². The SMILES string of the molecule is COC1=C(C)C(CN(CCc2ccc3c(c2)OCO3)C(=N)CC(=N)Cl)=NCC1C. The highest BCUT2D eigenvalue weighted by atomic mass is 35.5. The monoisotopic (exact) mass is 418 g/mol. The van der Waals surface area contributed by atoms with Crippen LogP contribution in [-0.4, -0.2) is 55.2 Å². The first-order chi connectivity index (χ1) is 13.9. The van der Waals surface area contributed by atoms with Crippen LogP contribution in [0.15, 0.2) is 34.5 Å². The summed E-state index contributed by atoms with van der Waals surface area (Å²) in [4.78, 5) is 6.63.